The molecule has 1 saturated heterocycles. The minimum absolute atomic E-state index is 0.0417. The lowest BCUT2D eigenvalue weighted by atomic mass is 10.2. The van der Waals surface area contributed by atoms with Crippen molar-refractivity contribution in [1.29, 1.82) is 0 Å². The first-order valence-corrected chi connectivity index (χ1v) is 9.77. The summed E-state index contributed by atoms with van der Waals surface area (Å²) in [6.07, 6.45) is 1.30. The molecule has 1 aliphatic heterocycles. The number of ether oxygens (including phenoxy) is 2. The molecule has 1 fully saturated rings. The van der Waals surface area contributed by atoms with E-state index in [1.54, 1.807) is 4.57 Å². The molecule has 5 N–H and O–H groups in total. The van der Waals surface area contributed by atoms with Gasteiger partial charge >= 0.3 is 7.60 Å². The number of fused-ring (bicyclic) bond motifs is 1. The number of nitrogens with zero attached hydrogens (tertiary/aromatic N) is 4. The van der Waals surface area contributed by atoms with E-state index in [0.717, 1.165) is 0 Å². The van der Waals surface area contributed by atoms with Crippen LogP contribution >= 0.6 is 19.2 Å². The van der Waals surface area contributed by atoms with Crippen LogP contribution in [0.15, 0.2) is 6.33 Å². The molecule has 0 amide bonds. The number of hydrogen-bond acceptors (Lipinski definition) is 9. The van der Waals surface area contributed by atoms with Crippen LogP contribution < -0.4 is 5.73 Å². The number of rotatable bonds is 7. The molecule has 3 unspecified atom stereocenters. The van der Waals surface area contributed by atoms with E-state index in [4.69, 9.17) is 26.8 Å². The van der Waals surface area contributed by atoms with Crippen molar-refractivity contribution in [1.82, 2.24) is 19.5 Å². The molecule has 27 heavy (non-hydrogen) atoms. The topological polar surface area (TPSA) is 183 Å². The Morgan fingerprint density at radius 2 is 2.22 bits per heavy atom. The summed E-state index contributed by atoms with van der Waals surface area (Å²) >= 11 is 5.83. The summed E-state index contributed by atoms with van der Waals surface area (Å²) in [6.45, 7) is -1.46. The molecule has 0 aliphatic carbocycles. The van der Waals surface area contributed by atoms with Gasteiger partial charge in [0.05, 0.1) is 25.6 Å². The molecule has 0 bridgehead atoms. The van der Waals surface area contributed by atoms with Gasteiger partial charge in [-0.3, -0.25) is 13.9 Å². The first kappa shape index (κ1) is 20.1. The van der Waals surface area contributed by atoms with Gasteiger partial charge in [-0.15, -0.1) is 0 Å². The second kappa shape index (κ2) is 7.40. The van der Waals surface area contributed by atoms with Crippen molar-refractivity contribution in [3.05, 3.63) is 11.6 Å². The molecule has 148 valence electrons. The third kappa shape index (κ3) is 3.69. The molecule has 0 saturated carbocycles. The number of hydrogen-bond donors (Lipinski definition) is 4. The molecule has 1 aliphatic rings. The van der Waals surface area contributed by atoms with Gasteiger partial charge in [0.15, 0.2) is 17.8 Å². The van der Waals surface area contributed by atoms with Gasteiger partial charge in [-0.2, -0.15) is 9.97 Å². The number of carbonyl (C=O) groups is 1. The molecule has 14 heteroatoms. The number of aldehydes is 1. The van der Waals surface area contributed by atoms with Crippen LogP contribution in [0.5, 0.6) is 0 Å². The Kier molecular flexibility index (Phi) is 5.50. The lowest BCUT2D eigenvalue weighted by Crippen LogP contribution is -2.40. The smallest absolute Gasteiger partial charge is 0.366 e. The van der Waals surface area contributed by atoms with E-state index in [2.05, 4.69) is 15.0 Å². The first-order valence-electron chi connectivity index (χ1n) is 7.78. The normalized spacial score (nSPS) is 22.8. The van der Waals surface area contributed by atoms with Crippen LogP contribution in [-0.4, -0.2) is 65.4 Å². The van der Waals surface area contributed by atoms with Crippen molar-refractivity contribution in [2.45, 2.75) is 30.5 Å². The van der Waals surface area contributed by atoms with Gasteiger partial charge in [0.25, 0.3) is 0 Å². The van der Waals surface area contributed by atoms with E-state index in [9.17, 15) is 24.3 Å². The Balaban J connectivity index is 1.73. The second-order valence-electron chi connectivity index (χ2n) is 5.97. The van der Waals surface area contributed by atoms with Crippen molar-refractivity contribution < 1.29 is 33.7 Å². The maximum Gasteiger partial charge on any atom is 0.366 e. The number of carbonyl (C=O) groups excluding carboxylic acids is 1. The van der Waals surface area contributed by atoms with Gasteiger partial charge in [0.2, 0.25) is 10.6 Å². The Bertz CT molecular complexity index is 905. The Hall–Kier alpha value is -1.66. The van der Waals surface area contributed by atoms with Crippen molar-refractivity contribution in [2.24, 2.45) is 0 Å². The second-order valence-corrected chi connectivity index (χ2v) is 8.15. The van der Waals surface area contributed by atoms with Crippen LogP contribution in [0.25, 0.3) is 11.2 Å². The number of anilines is 1. The molecule has 2 aromatic rings. The van der Waals surface area contributed by atoms with E-state index in [1.807, 2.05) is 0 Å². The van der Waals surface area contributed by atoms with E-state index >= 15 is 0 Å². The van der Waals surface area contributed by atoms with Crippen molar-refractivity contribution in [2.75, 3.05) is 18.9 Å². The summed E-state index contributed by atoms with van der Waals surface area (Å²) < 4.78 is 23.9. The number of imidazole rings is 1. The standard InChI is InChI=1S/C13H17ClN5O7P/c14-12-17-10(15)9-11(18-12)19(6-16-9)8-2-1-7(26-8)3-25-13(4-20,5-21)27(22,23)24/h4,6-8,21H,1-3,5H2,(H2,15,17,18)(H2,22,23,24). The summed E-state index contributed by atoms with van der Waals surface area (Å²) in [5, 5.41) is 6.57. The lowest BCUT2D eigenvalue weighted by molar-refractivity contribution is -0.133. The highest BCUT2D eigenvalue weighted by Gasteiger charge is 2.49. The highest BCUT2D eigenvalue weighted by atomic mass is 35.5. The number of aromatic nitrogens is 4. The van der Waals surface area contributed by atoms with Gasteiger partial charge < -0.3 is 30.1 Å². The largest absolute Gasteiger partial charge is 0.392 e. The third-order valence-electron chi connectivity index (χ3n) is 4.24. The Morgan fingerprint density at radius 1 is 1.48 bits per heavy atom. The highest BCUT2D eigenvalue weighted by Crippen LogP contribution is 2.50. The maximum absolute atomic E-state index is 11.5. The van der Waals surface area contributed by atoms with Crippen LogP contribution in [-0.2, 0) is 18.8 Å². The van der Waals surface area contributed by atoms with Gasteiger partial charge in [0, 0.05) is 0 Å². The van der Waals surface area contributed by atoms with Gasteiger partial charge in [-0.25, -0.2) is 4.98 Å². The van der Waals surface area contributed by atoms with E-state index in [-0.39, 0.29) is 24.0 Å². The van der Waals surface area contributed by atoms with Crippen molar-refractivity contribution in [3.8, 4) is 0 Å². The van der Waals surface area contributed by atoms with Gasteiger partial charge in [-0.05, 0) is 24.4 Å². The van der Waals surface area contributed by atoms with Crippen molar-refractivity contribution in [3.63, 3.8) is 0 Å². The SMILES string of the molecule is Nc1nc(Cl)nc2c1ncn2C1CCC(COC(C=O)(CO)P(=O)(O)O)O1. The molecular weight excluding hydrogens is 405 g/mol. The monoisotopic (exact) mass is 421 g/mol. The van der Waals surface area contributed by atoms with Crippen LogP contribution in [0.4, 0.5) is 5.82 Å². The fourth-order valence-electron chi connectivity index (χ4n) is 2.73. The maximum atomic E-state index is 11.5. The molecule has 0 aromatic carbocycles. The Morgan fingerprint density at radius 3 is 2.85 bits per heavy atom. The fraction of sp³-hybridized carbons (Fsp3) is 0.538. The minimum atomic E-state index is -5.03. The molecule has 12 nitrogen and oxygen atoms in total. The average Bonchev–Trinajstić information content (AvgIpc) is 3.21. The summed E-state index contributed by atoms with van der Waals surface area (Å²) in [7, 11) is -5.03. The number of aliphatic hydroxyl groups is 1. The third-order valence-corrected chi connectivity index (χ3v) is 5.77. The summed E-state index contributed by atoms with van der Waals surface area (Å²) in [6, 6.07) is 0. The quantitative estimate of drug-likeness (QED) is 0.264. The molecule has 0 radical (unpaired) electrons. The number of nitrogen functional groups attached to an aromatic ring is 1. The zero-order valence-electron chi connectivity index (χ0n) is 13.8. The molecular formula is C13H17ClN5O7P. The molecule has 3 atom stereocenters. The molecule has 3 heterocycles. The Labute approximate surface area is 157 Å². The summed E-state index contributed by atoms with van der Waals surface area (Å²) in [5.41, 5.74) is 6.51. The average molecular weight is 422 g/mol. The van der Waals surface area contributed by atoms with Crippen molar-refractivity contribution >= 4 is 42.5 Å². The predicted molar refractivity (Wildman–Crippen MR) is 91.8 cm³/mol. The number of nitrogens with two attached hydrogens (primary N) is 1. The summed E-state index contributed by atoms with van der Waals surface area (Å²) in [4.78, 5) is 41.7. The highest BCUT2D eigenvalue weighted by molar-refractivity contribution is 7.54. The zero-order chi connectivity index (χ0) is 19.8. The van der Waals surface area contributed by atoms with E-state index in [1.165, 1.54) is 6.33 Å². The van der Waals surface area contributed by atoms with Crippen LogP contribution in [0.1, 0.15) is 19.1 Å². The predicted octanol–water partition coefficient (Wildman–Crippen LogP) is -0.179. The van der Waals surface area contributed by atoms with E-state index < -0.39 is 31.9 Å². The fourth-order valence-corrected chi connectivity index (χ4v) is 3.47. The zero-order valence-corrected chi connectivity index (χ0v) is 15.5. The van der Waals surface area contributed by atoms with Crippen LogP contribution in [0, 0.1) is 0 Å². The van der Waals surface area contributed by atoms with Crippen LogP contribution in [0.2, 0.25) is 5.28 Å². The summed E-state index contributed by atoms with van der Waals surface area (Å²) in [5.74, 6) is 0.127. The number of halogens is 1. The van der Waals surface area contributed by atoms with Gasteiger partial charge in [-0.1, -0.05) is 0 Å². The minimum Gasteiger partial charge on any atom is -0.392 e. The number of aliphatic hydroxyl groups excluding tert-OH is 1. The van der Waals surface area contributed by atoms with E-state index in [0.29, 0.717) is 24.0 Å². The van der Waals surface area contributed by atoms with Crippen LogP contribution in [0.3, 0.4) is 0 Å². The molecule has 0 spiro atoms. The molecule has 3 rings (SSSR count). The lowest BCUT2D eigenvalue weighted by Gasteiger charge is -2.28. The molecule has 2 aromatic heterocycles. The first-order chi connectivity index (χ1) is 12.7. The van der Waals surface area contributed by atoms with Gasteiger partial charge in [0.1, 0.15) is 11.7 Å².